The van der Waals surface area contributed by atoms with Crippen molar-refractivity contribution in [1.29, 1.82) is 0 Å². The predicted octanol–water partition coefficient (Wildman–Crippen LogP) is 1.80. The smallest absolute Gasteiger partial charge is 0.242 e. The molecule has 0 unspecified atom stereocenters. The zero-order valence-corrected chi connectivity index (χ0v) is 15.4. The zero-order chi connectivity index (χ0) is 18.6. The van der Waals surface area contributed by atoms with Gasteiger partial charge >= 0.3 is 0 Å². The Hall–Kier alpha value is -2.12. The van der Waals surface area contributed by atoms with Crippen molar-refractivity contribution in [2.24, 2.45) is 0 Å². The van der Waals surface area contributed by atoms with Crippen molar-refractivity contribution in [3.8, 4) is 5.75 Å². The predicted molar refractivity (Wildman–Crippen MR) is 96.1 cm³/mol. The lowest BCUT2D eigenvalue weighted by molar-refractivity contribution is -0.187. The monoisotopic (exact) mass is 362 g/mol. The van der Waals surface area contributed by atoms with Gasteiger partial charge in [-0.2, -0.15) is 0 Å². The van der Waals surface area contributed by atoms with Gasteiger partial charge in [0.25, 0.3) is 0 Å². The van der Waals surface area contributed by atoms with E-state index in [-0.39, 0.29) is 18.4 Å². The second kappa shape index (κ2) is 8.05. The minimum Gasteiger partial charge on any atom is -0.494 e. The topological polar surface area (TPSA) is 68.3 Å². The van der Waals surface area contributed by atoms with Gasteiger partial charge in [0.1, 0.15) is 12.3 Å². The summed E-state index contributed by atoms with van der Waals surface area (Å²) in [4.78, 5) is 28.0. The van der Waals surface area contributed by atoms with Crippen LogP contribution in [0.3, 0.4) is 0 Å². The van der Waals surface area contributed by atoms with Crippen LogP contribution in [0.2, 0.25) is 0 Å². The van der Waals surface area contributed by atoms with E-state index in [0.29, 0.717) is 51.4 Å². The molecule has 0 saturated carbocycles. The molecule has 1 spiro atoms. The molecule has 0 N–H and O–H groups in total. The van der Waals surface area contributed by atoms with Gasteiger partial charge in [0.2, 0.25) is 11.8 Å². The lowest BCUT2D eigenvalue weighted by Crippen LogP contribution is -2.50. The van der Waals surface area contributed by atoms with Crippen LogP contribution in [0.25, 0.3) is 0 Å². The average molecular weight is 362 g/mol. The van der Waals surface area contributed by atoms with Gasteiger partial charge < -0.3 is 24.0 Å². The molecule has 0 aromatic heterocycles. The van der Waals surface area contributed by atoms with Gasteiger partial charge in [0.15, 0.2) is 5.79 Å². The maximum absolute atomic E-state index is 12.7. The van der Waals surface area contributed by atoms with Crippen LogP contribution < -0.4 is 9.64 Å². The van der Waals surface area contributed by atoms with Crippen LogP contribution in [0.1, 0.15) is 26.7 Å². The van der Waals surface area contributed by atoms with E-state index in [4.69, 9.17) is 14.2 Å². The van der Waals surface area contributed by atoms with Gasteiger partial charge in [0, 0.05) is 38.5 Å². The first kappa shape index (κ1) is 18.7. The minimum atomic E-state index is -0.508. The number of nitrogens with zero attached hydrogens (tertiary/aromatic N) is 2. The van der Waals surface area contributed by atoms with Crippen LogP contribution in [-0.2, 0) is 19.1 Å². The summed E-state index contributed by atoms with van der Waals surface area (Å²) in [5.41, 5.74) is 0.685. The highest BCUT2D eigenvalue weighted by Gasteiger charge is 2.40. The first-order valence-corrected chi connectivity index (χ1v) is 9.10. The van der Waals surface area contributed by atoms with Crippen LogP contribution in [0, 0.1) is 0 Å². The Morgan fingerprint density at radius 2 is 1.77 bits per heavy atom. The largest absolute Gasteiger partial charge is 0.494 e. The number of hydrogen-bond donors (Lipinski definition) is 0. The molecule has 3 rings (SSSR count). The molecule has 142 valence electrons. The van der Waals surface area contributed by atoms with E-state index in [1.54, 1.807) is 29.2 Å². The Balaban J connectivity index is 1.61. The van der Waals surface area contributed by atoms with E-state index in [9.17, 15) is 9.59 Å². The van der Waals surface area contributed by atoms with E-state index in [2.05, 4.69) is 0 Å². The number of benzene rings is 1. The Morgan fingerprint density at radius 3 is 2.31 bits per heavy atom. The normalized spacial score (nSPS) is 18.8. The summed E-state index contributed by atoms with van der Waals surface area (Å²) in [6.07, 6.45) is 1.34. The summed E-state index contributed by atoms with van der Waals surface area (Å²) in [6, 6.07) is 7.20. The molecule has 0 aliphatic carbocycles. The number of carbonyl (C=O) groups is 2. The lowest BCUT2D eigenvalue weighted by atomic mass is 10.0. The molecular formula is C19H26N2O5. The van der Waals surface area contributed by atoms with Crippen molar-refractivity contribution in [2.45, 2.75) is 32.5 Å². The molecule has 7 nitrogen and oxygen atoms in total. The molecule has 2 fully saturated rings. The second-order valence-electron chi connectivity index (χ2n) is 6.52. The van der Waals surface area contributed by atoms with Gasteiger partial charge in [-0.25, -0.2) is 0 Å². The number of hydrogen-bond acceptors (Lipinski definition) is 5. The standard InChI is InChI=1S/C19H26N2O5/c1-3-24-17-6-4-16(5-7-17)21(15(2)22)14-18(23)20-10-8-19(9-11-20)25-12-13-26-19/h4-7H,3,8-14H2,1-2H3. The van der Waals surface area contributed by atoms with E-state index in [1.165, 1.54) is 11.8 Å². The summed E-state index contributed by atoms with van der Waals surface area (Å²) < 4.78 is 16.8. The fourth-order valence-corrected chi connectivity index (χ4v) is 3.39. The number of carbonyl (C=O) groups excluding carboxylic acids is 2. The zero-order valence-electron chi connectivity index (χ0n) is 15.4. The number of ether oxygens (including phenoxy) is 3. The first-order valence-electron chi connectivity index (χ1n) is 9.10. The summed E-state index contributed by atoms with van der Waals surface area (Å²) in [5.74, 6) is -0.00376. The third kappa shape index (κ3) is 4.16. The van der Waals surface area contributed by atoms with Gasteiger partial charge in [-0.3, -0.25) is 9.59 Å². The highest BCUT2D eigenvalue weighted by molar-refractivity contribution is 5.97. The Labute approximate surface area is 153 Å². The van der Waals surface area contributed by atoms with Gasteiger partial charge in [-0.1, -0.05) is 0 Å². The SMILES string of the molecule is CCOc1ccc(N(CC(=O)N2CCC3(CC2)OCCO3)C(C)=O)cc1. The highest BCUT2D eigenvalue weighted by Crippen LogP contribution is 2.31. The van der Waals surface area contributed by atoms with Crippen molar-refractivity contribution in [2.75, 3.05) is 44.4 Å². The quantitative estimate of drug-likeness (QED) is 0.799. The maximum atomic E-state index is 12.7. The minimum absolute atomic E-state index is 0.0258. The molecule has 1 aromatic rings. The molecule has 2 heterocycles. The summed E-state index contributed by atoms with van der Waals surface area (Å²) in [5, 5.41) is 0. The Morgan fingerprint density at radius 1 is 1.15 bits per heavy atom. The average Bonchev–Trinajstić information content (AvgIpc) is 3.09. The lowest BCUT2D eigenvalue weighted by Gasteiger charge is -2.38. The van der Waals surface area contributed by atoms with Gasteiger partial charge in [-0.05, 0) is 31.2 Å². The molecular weight excluding hydrogens is 336 g/mol. The van der Waals surface area contributed by atoms with Crippen LogP contribution >= 0.6 is 0 Å². The van der Waals surface area contributed by atoms with Gasteiger partial charge in [-0.15, -0.1) is 0 Å². The Kier molecular flexibility index (Phi) is 5.78. The summed E-state index contributed by atoms with van der Waals surface area (Å²) >= 11 is 0. The number of likely N-dealkylation sites (tertiary alicyclic amines) is 1. The highest BCUT2D eigenvalue weighted by atomic mass is 16.7. The molecule has 2 aliphatic rings. The van der Waals surface area contributed by atoms with Gasteiger partial charge in [0.05, 0.1) is 19.8 Å². The molecule has 0 atom stereocenters. The van der Waals surface area contributed by atoms with E-state index in [0.717, 1.165) is 5.75 Å². The number of anilines is 1. The summed E-state index contributed by atoms with van der Waals surface area (Å²) in [6.45, 7) is 6.37. The molecule has 2 aliphatic heterocycles. The number of amides is 2. The molecule has 2 saturated heterocycles. The summed E-state index contributed by atoms with van der Waals surface area (Å²) in [7, 11) is 0. The van der Waals surface area contributed by atoms with E-state index in [1.807, 2.05) is 6.92 Å². The molecule has 0 bridgehead atoms. The van der Waals surface area contributed by atoms with E-state index < -0.39 is 5.79 Å². The van der Waals surface area contributed by atoms with Crippen LogP contribution in [0.5, 0.6) is 5.75 Å². The molecule has 2 amide bonds. The van der Waals surface area contributed by atoms with Crippen molar-refractivity contribution in [1.82, 2.24) is 4.90 Å². The van der Waals surface area contributed by atoms with Crippen molar-refractivity contribution < 1.29 is 23.8 Å². The number of piperidine rings is 1. The third-order valence-corrected chi connectivity index (χ3v) is 4.82. The molecule has 26 heavy (non-hydrogen) atoms. The van der Waals surface area contributed by atoms with Crippen molar-refractivity contribution in [3.63, 3.8) is 0 Å². The molecule has 0 radical (unpaired) electrons. The van der Waals surface area contributed by atoms with Crippen LogP contribution in [-0.4, -0.2) is 62.0 Å². The maximum Gasteiger partial charge on any atom is 0.242 e. The van der Waals surface area contributed by atoms with Crippen LogP contribution in [0.4, 0.5) is 5.69 Å². The van der Waals surface area contributed by atoms with E-state index >= 15 is 0 Å². The van der Waals surface area contributed by atoms with Crippen LogP contribution in [0.15, 0.2) is 24.3 Å². The Bertz CT molecular complexity index is 630. The fourth-order valence-electron chi connectivity index (χ4n) is 3.39. The van der Waals surface area contributed by atoms with Crippen molar-refractivity contribution in [3.05, 3.63) is 24.3 Å². The number of rotatable bonds is 5. The second-order valence-corrected chi connectivity index (χ2v) is 6.52. The first-order chi connectivity index (χ1) is 12.5. The molecule has 1 aromatic carbocycles. The molecule has 7 heteroatoms. The fraction of sp³-hybridized carbons (Fsp3) is 0.579. The van der Waals surface area contributed by atoms with Crippen molar-refractivity contribution >= 4 is 17.5 Å². The third-order valence-electron chi connectivity index (χ3n) is 4.82.